The average molecular weight is 511 g/mol. The molecule has 0 saturated carbocycles. The van der Waals surface area contributed by atoms with Gasteiger partial charge < -0.3 is 0 Å². The third kappa shape index (κ3) is 2.25. The summed E-state index contributed by atoms with van der Waals surface area (Å²) in [6.45, 7) is -0.918. The van der Waals surface area contributed by atoms with Crippen LogP contribution in [0.15, 0.2) is 139 Å². The van der Waals surface area contributed by atoms with Crippen LogP contribution in [0.5, 0.6) is 0 Å². The van der Waals surface area contributed by atoms with Crippen molar-refractivity contribution in [2.75, 3.05) is 6.61 Å². The summed E-state index contributed by atoms with van der Waals surface area (Å²) in [6, 6.07) is 48.0. The van der Waals surface area contributed by atoms with Gasteiger partial charge >= 0.3 is 223 Å². The van der Waals surface area contributed by atoms with Gasteiger partial charge in [-0.25, -0.2) is 0 Å². The zero-order valence-corrected chi connectivity index (χ0v) is 22.1. The molecule has 3 aliphatic rings. The molecular weight excluding hydrogens is 483 g/mol. The van der Waals surface area contributed by atoms with Gasteiger partial charge in [-0.05, 0) is 0 Å². The Morgan fingerprint density at radius 2 is 1.05 bits per heavy atom. The molecular formula is C35H27O2P. The van der Waals surface area contributed by atoms with E-state index < -0.39 is 12.4 Å². The molecule has 8 rings (SSSR count). The van der Waals surface area contributed by atoms with Gasteiger partial charge in [0.25, 0.3) is 0 Å². The summed E-state index contributed by atoms with van der Waals surface area (Å²) in [5.74, 6) is 0.978. The Morgan fingerprint density at radius 3 is 1.61 bits per heavy atom. The van der Waals surface area contributed by atoms with Crippen LogP contribution in [0.4, 0.5) is 0 Å². The van der Waals surface area contributed by atoms with Crippen LogP contribution in [0, 0.1) is 0 Å². The molecule has 1 fully saturated rings. The zero-order valence-electron chi connectivity index (χ0n) is 21.2. The van der Waals surface area contributed by atoms with Crippen molar-refractivity contribution in [1.29, 1.82) is 0 Å². The quantitative estimate of drug-likeness (QED) is 0.240. The zero-order chi connectivity index (χ0) is 25.4. The Labute approximate surface area is 223 Å². The fourth-order valence-corrected chi connectivity index (χ4v) is 14.0. The van der Waals surface area contributed by atoms with E-state index in [0.29, 0.717) is 6.61 Å². The summed E-state index contributed by atoms with van der Waals surface area (Å²) < 4.78 is 14.7. The summed E-state index contributed by atoms with van der Waals surface area (Å²) in [7, 11) is 0. The summed E-state index contributed by atoms with van der Waals surface area (Å²) in [5, 5.41) is 4.95. The normalized spacial score (nSPS) is 19.3. The Balaban J connectivity index is 1.61. The third-order valence-electron chi connectivity index (χ3n) is 8.59. The first-order chi connectivity index (χ1) is 18.8. The van der Waals surface area contributed by atoms with Gasteiger partial charge in [0.15, 0.2) is 0 Å². The van der Waals surface area contributed by atoms with E-state index in [1.165, 1.54) is 43.5 Å². The first-order valence-electron chi connectivity index (χ1n) is 13.3. The van der Waals surface area contributed by atoms with Crippen molar-refractivity contribution >= 4 is 28.5 Å². The second-order valence-electron chi connectivity index (χ2n) is 10.2. The van der Waals surface area contributed by atoms with Crippen LogP contribution in [-0.2, 0) is 14.9 Å². The summed E-state index contributed by atoms with van der Waals surface area (Å²) >= 11 is 0. The fraction of sp³-hybridized carbons (Fsp3) is 0.0857. The Bertz CT molecular complexity index is 1690. The van der Waals surface area contributed by atoms with Crippen molar-refractivity contribution in [2.45, 2.75) is 12.5 Å². The van der Waals surface area contributed by atoms with E-state index in [2.05, 4.69) is 140 Å². The van der Waals surface area contributed by atoms with Crippen LogP contribution in [0.25, 0.3) is 16.9 Å². The molecule has 2 aliphatic heterocycles. The van der Waals surface area contributed by atoms with Crippen LogP contribution in [0.1, 0.15) is 23.6 Å². The first kappa shape index (κ1) is 22.1. The molecule has 1 aliphatic carbocycles. The number of hydrogen-bond acceptors (Lipinski definition) is 2. The van der Waals surface area contributed by atoms with E-state index in [1.807, 2.05) is 0 Å². The maximum absolute atomic E-state index is 8.01. The second-order valence-corrected chi connectivity index (χ2v) is 14.4. The maximum atomic E-state index is 8.01. The van der Waals surface area contributed by atoms with Crippen molar-refractivity contribution in [3.8, 4) is 11.1 Å². The fourth-order valence-electron chi connectivity index (χ4n) is 7.37. The molecule has 0 aromatic heterocycles. The van der Waals surface area contributed by atoms with Gasteiger partial charge in [0, 0.05) is 0 Å². The molecule has 1 spiro atoms. The van der Waals surface area contributed by atoms with Gasteiger partial charge in [-0.2, -0.15) is 0 Å². The molecule has 0 N–H and O–H groups in total. The molecule has 3 heteroatoms. The Hall–Kier alpha value is -3.97. The summed E-state index contributed by atoms with van der Waals surface area (Å²) in [6.07, 6.45) is 0. The minimum absolute atomic E-state index is 0.586. The van der Waals surface area contributed by atoms with E-state index in [9.17, 15) is 0 Å². The number of fused-ring (bicyclic) bond motifs is 9. The van der Waals surface area contributed by atoms with Crippen LogP contribution in [-0.4, -0.2) is 6.61 Å². The second kappa shape index (κ2) is 7.54. The van der Waals surface area contributed by atoms with Crippen molar-refractivity contribution in [3.63, 3.8) is 0 Å². The minimum atomic E-state index is -3.58. The van der Waals surface area contributed by atoms with Gasteiger partial charge in [0.05, 0.1) is 0 Å². The van der Waals surface area contributed by atoms with Gasteiger partial charge in [-0.3, -0.25) is 0 Å². The van der Waals surface area contributed by atoms with Crippen molar-refractivity contribution in [3.05, 3.63) is 155 Å². The number of benzene rings is 5. The average Bonchev–Trinajstić information content (AvgIpc) is 3.38. The molecule has 1 saturated heterocycles. The molecule has 0 radical (unpaired) electrons. The molecule has 38 heavy (non-hydrogen) atoms. The summed E-state index contributed by atoms with van der Waals surface area (Å²) in [4.78, 5) is 0. The molecule has 5 aromatic rings. The summed E-state index contributed by atoms with van der Waals surface area (Å²) in [5.41, 5.74) is 5.30. The molecule has 5 aromatic carbocycles. The van der Waals surface area contributed by atoms with Gasteiger partial charge in [0.2, 0.25) is 0 Å². The van der Waals surface area contributed by atoms with Gasteiger partial charge in [-0.15, -0.1) is 0 Å². The van der Waals surface area contributed by atoms with Crippen molar-refractivity contribution in [1.82, 2.24) is 0 Å². The van der Waals surface area contributed by atoms with E-state index in [0.717, 1.165) is 11.3 Å². The predicted octanol–water partition coefficient (Wildman–Crippen LogP) is 7.10. The van der Waals surface area contributed by atoms with E-state index in [-0.39, 0.29) is 0 Å². The van der Waals surface area contributed by atoms with Crippen LogP contribution >= 0.6 is 6.83 Å². The number of hydrogen-bond donors (Lipinski definition) is 0. The van der Waals surface area contributed by atoms with Crippen LogP contribution in [0.2, 0.25) is 0 Å². The standard InChI is InChI=1S/C35H27O2P/c1-2-36-33-29-21-11-14-24-32(29)38(25-15-5-3-6-16-25,26-17-7-4-8-18-26)34(33)35(37-38)30-22-12-9-19-27(30)28-20-10-13-23-31(28)35/h3-24H,2H2,1H3. The molecule has 0 amide bonds. The Morgan fingerprint density at radius 1 is 0.579 bits per heavy atom. The van der Waals surface area contributed by atoms with Gasteiger partial charge in [-0.1, -0.05) is 0 Å². The van der Waals surface area contributed by atoms with Crippen molar-refractivity contribution in [2.24, 2.45) is 0 Å². The monoisotopic (exact) mass is 510 g/mol. The topological polar surface area (TPSA) is 18.5 Å². The molecule has 0 bridgehead atoms. The first-order valence-corrected chi connectivity index (χ1v) is 15.4. The Kier molecular flexibility index (Phi) is 4.38. The van der Waals surface area contributed by atoms with E-state index >= 15 is 0 Å². The van der Waals surface area contributed by atoms with Crippen LogP contribution in [0.3, 0.4) is 0 Å². The predicted molar refractivity (Wildman–Crippen MR) is 157 cm³/mol. The molecule has 2 nitrogen and oxygen atoms in total. The third-order valence-corrected chi connectivity index (χ3v) is 14.5. The van der Waals surface area contributed by atoms with Gasteiger partial charge in [0.1, 0.15) is 0 Å². The van der Waals surface area contributed by atoms with Crippen LogP contribution < -0.4 is 15.9 Å². The van der Waals surface area contributed by atoms with Crippen molar-refractivity contribution < 1.29 is 9.26 Å². The molecule has 0 unspecified atom stereocenters. The molecule has 2 heterocycles. The number of ether oxygens (including phenoxy) is 1. The molecule has 184 valence electrons. The SMILES string of the molecule is CCOC1=C2C3(OP2(c2ccccc2)(c2ccccc2)c2ccccc21)c1ccccc1-c1ccccc13. The van der Waals surface area contributed by atoms with E-state index in [1.54, 1.807) is 0 Å². The number of rotatable bonds is 4. The van der Waals surface area contributed by atoms with E-state index in [4.69, 9.17) is 9.26 Å². The molecule has 0 atom stereocenters.